The third-order valence-corrected chi connectivity index (χ3v) is 4.38. The molecule has 0 aliphatic carbocycles. The van der Waals surface area contributed by atoms with Crippen molar-refractivity contribution in [1.82, 2.24) is 16.0 Å². The quantitative estimate of drug-likeness (QED) is 0.337. The Labute approximate surface area is 146 Å². The van der Waals surface area contributed by atoms with E-state index in [1.807, 2.05) is 13.8 Å². The second kappa shape index (κ2) is 10.3. The zero-order valence-electron chi connectivity index (χ0n) is 15.2. The Morgan fingerprint density at radius 1 is 0.917 bits per heavy atom. The van der Waals surface area contributed by atoms with Crippen LogP contribution in [0.3, 0.4) is 0 Å². The molecule has 0 aromatic rings. The van der Waals surface area contributed by atoms with Crippen LogP contribution in [-0.4, -0.2) is 59.5 Å². The van der Waals surface area contributed by atoms with Gasteiger partial charge in [-0.25, -0.2) is 0 Å². The molecule has 9 heteroatoms. The summed E-state index contributed by atoms with van der Waals surface area (Å²) in [4.78, 5) is 47.4. The second-order valence-electron chi connectivity index (χ2n) is 6.24. The van der Waals surface area contributed by atoms with Crippen LogP contribution in [0.2, 0.25) is 0 Å². The van der Waals surface area contributed by atoms with E-state index in [9.17, 15) is 19.2 Å². The molecule has 0 saturated carbocycles. The van der Waals surface area contributed by atoms with Gasteiger partial charge in [0, 0.05) is 6.04 Å². The van der Waals surface area contributed by atoms with Gasteiger partial charge in [-0.05, 0) is 26.4 Å². The van der Waals surface area contributed by atoms with Gasteiger partial charge >= 0.3 is 0 Å². The molecule has 0 rings (SSSR count). The molecule has 0 radical (unpaired) electrons. The minimum absolute atomic E-state index is 0.126. The van der Waals surface area contributed by atoms with Crippen LogP contribution in [0, 0.1) is 0 Å². The van der Waals surface area contributed by atoms with Crippen LogP contribution in [0.15, 0.2) is 0 Å². The van der Waals surface area contributed by atoms with E-state index in [2.05, 4.69) is 16.0 Å². The van der Waals surface area contributed by atoms with E-state index in [0.29, 0.717) is 0 Å². The third-order valence-electron chi connectivity index (χ3n) is 3.19. The number of nitrogens with one attached hydrogen (secondary N) is 3. The number of hydrogen-bond donors (Lipinski definition) is 5. The van der Waals surface area contributed by atoms with Crippen LogP contribution >= 0.6 is 10.9 Å². The molecule has 140 valence electrons. The molecule has 0 bridgehead atoms. The normalized spacial score (nSPS) is 15.2. The largest absolute Gasteiger partial charge is 0.370 e. The zero-order chi connectivity index (χ0) is 19.0. The lowest BCUT2D eigenvalue weighted by atomic mass is 10.2. The fourth-order valence-electron chi connectivity index (χ4n) is 1.99. The van der Waals surface area contributed by atoms with Gasteiger partial charge in [0.1, 0.15) is 12.1 Å². The molecule has 3 unspecified atom stereocenters. The average molecular weight is 362 g/mol. The van der Waals surface area contributed by atoms with Gasteiger partial charge in [-0.2, -0.15) is 10.9 Å². The molecule has 3 atom stereocenters. The van der Waals surface area contributed by atoms with E-state index in [-0.39, 0.29) is 23.5 Å². The highest BCUT2D eigenvalue weighted by molar-refractivity contribution is 8.28. The summed E-state index contributed by atoms with van der Waals surface area (Å²) in [5, 5.41) is 7.90. The summed E-state index contributed by atoms with van der Waals surface area (Å²) in [6, 6.07) is -2.12. The second-order valence-corrected chi connectivity index (χ2v) is 8.47. The molecule has 3 amide bonds. The molecule has 0 aliphatic heterocycles. The summed E-state index contributed by atoms with van der Waals surface area (Å²) >= 11 is 0. The van der Waals surface area contributed by atoms with Crippen molar-refractivity contribution in [3.63, 3.8) is 0 Å². The van der Waals surface area contributed by atoms with E-state index in [0.717, 1.165) is 0 Å². The Balaban J connectivity index is 4.77. The van der Waals surface area contributed by atoms with Gasteiger partial charge < -0.3 is 21.7 Å². The molecule has 0 aromatic heterocycles. The van der Waals surface area contributed by atoms with Crippen molar-refractivity contribution in [2.45, 2.75) is 58.3 Å². The Kier molecular flexibility index (Phi) is 9.60. The van der Waals surface area contributed by atoms with Gasteiger partial charge in [-0.1, -0.05) is 13.8 Å². The lowest BCUT2D eigenvalue weighted by Gasteiger charge is -2.23. The number of thiol groups is 1. The van der Waals surface area contributed by atoms with Crippen molar-refractivity contribution < 1.29 is 19.2 Å². The van der Waals surface area contributed by atoms with E-state index in [4.69, 9.17) is 5.73 Å². The Morgan fingerprint density at radius 3 is 1.83 bits per heavy atom. The van der Waals surface area contributed by atoms with Gasteiger partial charge in [-0.15, -0.1) is 0 Å². The minimum Gasteiger partial charge on any atom is -0.370 e. The van der Waals surface area contributed by atoms with E-state index >= 15 is 0 Å². The summed E-state index contributed by atoms with van der Waals surface area (Å²) in [5.74, 6) is -1.52. The minimum atomic E-state index is -0.977. The first-order valence-corrected chi connectivity index (χ1v) is 10.1. The number of primary amides is 1. The van der Waals surface area contributed by atoms with Crippen molar-refractivity contribution in [3.8, 4) is 0 Å². The first-order valence-electron chi connectivity index (χ1n) is 7.82. The van der Waals surface area contributed by atoms with Crippen molar-refractivity contribution in [2.24, 2.45) is 5.73 Å². The lowest BCUT2D eigenvalue weighted by molar-refractivity contribution is -0.131. The summed E-state index contributed by atoms with van der Waals surface area (Å²) < 4.78 is 0. The fourth-order valence-corrected chi connectivity index (χ4v) is 2.77. The lowest BCUT2D eigenvalue weighted by Crippen LogP contribution is -2.54. The van der Waals surface area contributed by atoms with Crippen LogP contribution in [0.5, 0.6) is 0 Å². The Morgan fingerprint density at radius 2 is 1.42 bits per heavy atom. The van der Waals surface area contributed by atoms with Crippen LogP contribution < -0.4 is 21.7 Å². The number of amides is 3. The third kappa shape index (κ3) is 8.30. The maximum Gasteiger partial charge on any atom is 0.242 e. The SMILES string of the molecule is CC(C)NC(C)C(=O)NC(C)C(=O)NC(CC(N)=O)C(=O)[SH](C)C. The topological polar surface area (TPSA) is 130 Å². The van der Waals surface area contributed by atoms with Crippen LogP contribution in [-0.2, 0) is 19.2 Å². The standard InChI is InChI=1S/C15H30N4O4S/c1-8(2)17-9(3)13(21)18-10(4)14(22)19-11(7-12(16)20)15(23)24(5)6/h8-11,17,24H,7H2,1-6H3,(H2,16,20)(H,18,21)(H,19,22). The molecular formula is C15H30N4O4S. The van der Waals surface area contributed by atoms with Gasteiger partial charge in [0.05, 0.1) is 12.5 Å². The van der Waals surface area contributed by atoms with Crippen molar-refractivity contribution in [1.29, 1.82) is 0 Å². The number of carbonyl (C=O) groups is 4. The monoisotopic (exact) mass is 362 g/mol. The predicted octanol–water partition coefficient (Wildman–Crippen LogP) is -0.975. The van der Waals surface area contributed by atoms with Crippen LogP contribution in [0.1, 0.15) is 34.1 Å². The number of hydrogen-bond acceptors (Lipinski definition) is 5. The molecule has 0 heterocycles. The van der Waals surface area contributed by atoms with E-state index < -0.39 is 40.8 Å². The Hall–Kier alpha value is -1.61. The number of rotatable bonds is 9. The molecule has 0 spiro atoms. The first-order chi connectivity index (χ1) is 11.0. The van der Waals surface area contributed by atoms with Gasteiger partial charge in [0.2, 0.25) is 17.7 Å². The molecule has 0 aliphatic rings. The molecule has 0 aromatic carbocycles. The molecular weight excluding hydrogens is 332 g/mol. The van der Waals surface area contributed by atoms with Crippen LogP contribution in [0.4, 0.5) is 0 Å². The molecule has 0 saturated heterocycles. The maximum atomic E-state index is 12.2. The van der Waals surface area contributed by atoms with E-state index in [1.54, 1.807) is 19.4 Å². The molecule has 5 N–H and O–H groups in total. The summed E-state index contributed by atoms with van der Waals surface area (Å²) in [7, 11) is -0.977. The summed E-state index contributed by atoms with van der Waals surface area (Å²) in [6.07, 6.45) is 3.22. The van der Waals surface area contributed by atoms with Crippen molar-refractivity contribution >= 4 is 33.7 Å². The molecule has 8 nitrogen and oxygen atoms in total. The summed E-state index contributed by atoms with van der Waals surface area (Å²) in [6.45, 7) is 7.03. The highest BCUT2D eigenvalue weighted by Crippen LogP contribution is 2.18. The first kappa shape index (κ1) is 22.4. The highest BCUT2D eigenvalue weighted by atomic mass is 32.2. The van der Waals surface area contributed by atoms with E-state index in [1.165, 1.54) is 6.92 Å². The van der Waals surface area contributed by atoms with Crippen LogP contribution in [0.25, 0.3) is 0 Å². The number of carbonyl (C=O) groups excluding carboxylic acids is 4. The average Bonchev–Trinajstić information content (AvgIpc) is 2.43. The predicted molar refractivity (Wildman–Crippen MR) is 96.9 cm³/mol. The van der Waals surface area contributed by atoms with Gasteiger partial charge in [0.15, 0.2) is 5.12 Å². The smallest absolute Gasteiger partial charge is 0.242 e. The molecule has 24 heavy (non-hydrogen) atoms. The van der Waals surface area contributed by atoms with Gasteiger partial charge in [-0.3, -0.25) is 19.2 Å². The number of nitrogens with two attached hydrogens (primary N) is 1. The Bertz CT molecular complexity index is 482. The zero-order valence-corrected chi connectivity index (χ0v) is 16.1. The molecule has 0 fully saturated rings. The fraction of sp³-hybridized carbons (Fsp3) is 0.733. The highest BCUT2D eigenvalue weighted by Gasteiger charge is 2.27. The maximum absolute atomic E-state index is 12.2. The van der Waals surface area contributed by atoms with Crippen molar-refractivity contribution in [3.05, 3.63) is 0 Å². The van der Waals surface area contributed by atoms with Crippen molar-refractivity contribution in [2.75, 3.05) is 12.5 Å². The summed E-state index contributed by atoms with van der Waals surface area (Å²) in [5.41, 5.74) is 5.14. The van der Waals surface area contributed by atoms with Gasteiger partial charge in [0.25, 0.3) is 0 Å².